The fourth-order valence-corrected chi connectivity index (χ4v) is 2.15. The maximum atomic E-state index is 13.4. The van der Waals surface area contributed by atoms with E-state index in [1.807, 2.05) is 13.0 Å². The van der Waals surface area contributed by atoms with Crippen LogP contribution in [0.5, 0.6) is 0 Å². The quantitative estimate of drug-likeness (QED) is 0.805. The molecule has 2 heterocycles. The molecule has 0 aliphatic heterocycles. The second-order valence-corrected chi connectivity index (χ2v) is 5.01. The van der Waals surface area contributed by atoms with Gasteiger partial charge in [0.2, 0.25) is 5.65 Å². The predicted octanol–water partition coefficient (Wildman–Crippen LogP) is 3.09. The second-order valence-electron chi connectivity index (χ2n) is 4.60. The van der Waals surface area contributed by atoms with Crippen molar-refractivity contribution in [3.63, 3.8) is 0 Å². The first-order valence-corrected chi connectivity index (χ1v) is 6.93. The third-order valence-corrected chi connectivity index (χ3v) is 3.45. The van der Waals surface area contributed by atoms with Gasteiger partial charge in [0.25, 0.3) is 0 Å². The SMILES string of the molecule is CCc1cc(NCc2ccc(Cl)c(F)c2)c2nncn2n1. The molecule has 1 N–H and O–H groups in total. The van der Waals surface area contributed by atoms with Gasteiger partial charge >= 0.3 is 0 Å². The smallest absolute Gasteiger partial charge is 0.200 e. The van der Waals surface area contributed by atoms with Crippen molar-refractivity contribution in [3.8, 4) is 0 Å². The minimum atomic E-state index is -0.424. The van der Waals surface area contributed by atoms with Gasteiger partial charge in [0.05, 0.1) is 16.4 Å². The first-order chi connectivity index (χ1) is 10.2. The molecule has 3 aromatic rings. The van der Waals surface area contributed by atoms with Gasteiger partial charge in [0.15, 0.2) is 0 Å². The summed E-state index contributed by atoms with van der Waals surface area (Å²) in [5.41, 5.74) is 3.17. The van der Waals surface area contributed by atoms with Crippen LogP contribution >= 0.6 is 11.6 Å². The molecule has 0 radical (unpaired) electrons. The van der Waals surface area contributed by atoms with E-state index >= 15 is 0 Å². The minimum Gasteiger partial charge on any atom is -0.378 e. The summed E-state index contributed by atoms with van der Waals surface area (Å²) in [6.45, 7) is 2.49. The Morgan fingerprint density at radius 1 is 1.33 bits per heavy atom. The number of benzene rings is 1. The molecule has 0 bridgehead atoms. The molecule has 0 saturated carbocycles. The number of nitrogens with one attached hydrogen (secondary N) is 1. The van der Waals surface area contributed by atoms with Gasteiger partial charge in [-0.05, 0) is 30.2 Å². The number of rotatable bonds is 4. The lowest BCUT2D eigenvalue weighted by atomic mass is 10.2. The molecule has 5 nitrogen and oxygen atoms in total. The van der Waals surface area contributed by atoms with E-state index in [1.165, 1.54) is 6.07 Å². The summed E-state index contributed by atoms with van der Waals surface area (Å²) in [6, 6.07) is 6.67. The van der Waals surface area contributed by atoms with Crippen molar-refractivity contribution in [1.29, 1.82) is 0 Å². The van der Waals surface area contributed by atoms with E-state index in [1.54, 1.807) is 23.0 Å². The molecule has 1 aromatic carbocycles. The lowest BCUT2D eigenvalue weighted by Crippen LogP contribution is -2.05. The molecule has 0 aliphatic rings. The highest BCUT2D eigenvalue weighted by Crippen LogP contribution is 2.19. The number of anilines is 1. The van der Waals surface area contributed by atoms with E-state index < -0.39 is 5.82 Å². The van der Waals surface area contributed by atoms with Crippen molar-refractivity contribution in [2.75, 3.05) is 5.32 Å². The minimum absolute atomic E-state index is 0.121. The van der Waals surface area contributed by atoms with Crippen LogP contribution in [-0.4, -0.2) is 19.8 Å². The Labute approximate surface area is 125 Å². The Balaban J connectivity index is 1.87. The molecule has 0 aliphatic carbocycles. The fraction of sp³-hybridized carbons (Fsp3) is 0.214. The van der Waals surface area contributed by atoms with E-state index in [0.29, 0.717) is 12.2 Å². The largest absolute Gasteiger partial charge is 0.378 e. The number of hydrogen-bond acceptors (Lipinski definition) is 4. The lowest BCUT2D eigenvalue weighted by Gasteiger charge is -2.09. The van der Waals surface area contributed by atoms with Gasteiger partial charge < -0.3 is 5.32 Å². The normalized spacial score (nSPS) is 11.0. The van der Waals surface area contributed by atoms with Crippen LogP contribution in [0.1, 0.15) is 18.2 Å². The van der Waals surface area contributed by atoms with E-state index in [0.717, 1.165) is 23.4 Å². The molecule has 0 unspecified atom stereocenters. The maximum Gasteiger partial charge on any atom is 0.200 e. The zero-order chi connectivity index (χ0) is 14.8. The van der Waals surface area contributed by atoms with Crippen LogP contribution in [-0.2, 0) is 13.0 Å². The molecule has 0 amide bonds. The molecule has 21 heavy (non-hydrogen) atoms. The number of aryl methyl sites for hydroxylation is 1. The van der Waals surface area contributed by atoms with Crippen molar-refractivity contribution in [2.45, 2.75) is 19.9 Å². The Morgan fingerprint density at radius 2 is 2.19 bits per heavy atom. The van der Waals surface area contributed by atoms with E-state index in [4.69, 9.17) is 11.6 Å². The molecule has 3 rings (SSSR count). The molecule has 0 spiro atoms. The van der Waals surface area contributed by atoms with Crippen molar-refractivity contribution in [2.24, 2.45) is 0 Å². The molecular weight excluding hydrogens is 293 g/mol. The van der Waals surface area contributed by atoms with Gasteiger partial charge in [-0.25, -0.2) is 4.39 Å². The van der Waals surface area contributed by atoms with Crippen LogP contribution in [0.2, 0.25) is 5.02 Å². The number of nitrogens with zero attached hydrogens (tertiary/aromatic N) is 4. The molecule has 0 fully saturated rings. The highest BCUT2D eigenvalue weighted by Gasteiger charge is 2.08. The highest BCUT2D eigenvalue weighted by atomic mass is 35.5. The Hall–Kier alpha value is -2.21. The van der Waals surface area contributed by atoms with Gasteiger partial charge in [0.1, 0.15) is 12.1 Å². The van der Waals surface area contributed by atoms with Crippen LogP contribution in [0.15, 0.2) is 30.6 Å². The van der Waals surface area contributed by atoms with Crippen molar-refractivity contribution in [1.82, 2.24) is 19.8 Å². The van der Waals surface area contributed by atoms with E-state index in [9.17, 15) is 4.39 Å². The summed E-state index contributed by atoms with van der Waals surface area (Å²) in [5.74, 6) is -0.424. The Kier molecular flexibility index (Phi) is 3.70. The highest BCUT2D eigenvalue weighted by molar-refractivity contribution is 6.30. The maximum absolute atomic E-state index is 13.4. The molecule has 7 heteroatoms. The number of hydrogen-bond donors (Lipinski definition) is 1. The second kappa shape index (κ2) is 5.65. The van der Waals surface area contributed by atoms with Crippen LogP contribution in [0.3, 0.4) is 0 Å². The summed E-state index contributed by atoms with van der Waals surface area (Å²) < 4.78 is 15.1. The van der Waals surface area contributed by atoms with Gasteiger partial charge in [-0.15, -0.1) is 10.2 Å². The molecule has 108 valence electrons. The standard InChI is InChI=1S/C14H13ClFN5/c1-2-10-6-13(14-19-18-8-21(14)20-10)17-7-9-3-4-11(15)12(16)5-9/h3-6,8,17H,2,7H2,1H3. The topological polar surface area (TPSA) is 55.1 Å². The number of fused-ring (bicyclic) bond motifs is 1. The average molecular weight is 306 g/mol. The molecular formula is C14H13ClFN5. The zero-order valence-electron chi connectivity index (χ0n) is 11.3. The zero-order valence-corrected chi connectivity index (χ0v) is 12.1. The van der Waals surface area contributed by atoms with Crippen LogP contribution in [0, 0.1) is 5.82 Å². The van der Waals surface area contributed by atoms with Crippen LogP contribution in [0.25, 0.3) is 5.65 Å². The van der Waals surface area contributed by atoms with E-state index in [-0.39, 0.29) is 5.02 Å². The lowest BCUT2D eigenvalue weighted by molar-refractivity contribution is 0.626. The van der Waals surface area contributed by atoms with Gasteiger partial charge in [-0.1, -0.05) is 24.6 Å². The third kappa shape index (κ3) is 2.80. The third-order valence-electron chi connectivity index (χ3n) is 3.15. The van der Waals surface area contributed by atoms with Gasteiger partial charge in [-0.2, -0.15) is 9.61 Å². The molecule has 2 aromatic heterocycles. The summed E-state index contributed by atoms with van der Waals surface area (Å²) in [5, 5.41) is 15.6. The molecule has 0 saturated heterocycles. The van der Waals surface area contributed by atoms with Crippen molar-refractivity contribution < 1.29 is 4.39 Å². The first kappa shape index (κ1) is 13.8. The average Bonchev–Trinajstić information content (AvgIpc) is 2.96. The Bertz CT molecular complexity index is 786. The summed E-state index contributed by atoms with van der Waals surface area (Å²) in [6.07, 6.45) is 2.36. The van der Waals surface area contributed by atoms with Crippen molar-refractivity contribution in [3.05, 3.63) is 52.7 Å². The first-order valence-electron chi connectivity index (χ1n) is 6.55. The van der Waals surface area contributed by atoms with Gasteiger partial charge in [-0.3, -0.25) is 0 Å². The van der Waals surface area contributed by atoms with Crippen LogP contribution in [0.4, 0.5) is 10.1 Å². The van der Waals surface area contributed by atoms with Crippen LogP contribution < -0.4 is 5.32 Å². The summed E-state index contributed by atoms with van der Waals surface area (Å²) >= 11 is 5.68. The summed E-state index contributed by atoms with van der Waals surface area (Å²) in [4.78, 5) is 0. The van der Waals surface area contributed by atoms with Crippen molar-refractivity contribution >= 4 is 22.9 Å². The number of aromatic nitrogens is 4. The Morgan fingerprint density at radius 3 is 2.95 bits per heavy atom. The van der Waals surface area contributed by atoms with E-state index in [2.05, 4.69) is 20.6 Å². The predicted molar refractivity (Wildman–Crippen MR) is 78.9 cm³/mol. The number of halogens is 2. The monoisotopic (exact) mass is 305 g/mol. The fourth-order valence-electron chi connectivity index (χ4n) is 2.03. The molecule has 0 atom stereocenters. The summed E-state index contributed by atoms with van der Waals surface area (Å²) in [7, 11) is 0. The van der Waals surface area contributed by atoms with Gasteiger partial charge in [0, 0.05) is 6.54 Å².